The molecule has 3 heteroatoms. The Morgan fingerprint density at radius 1 is 0.889 bits per heavy atom. The number of unbranched alkanes of at least 4 members (excludes halogenated alkanes) is 2. The molecule has 0 radical (unpaired) electrons. The lowest BCUT2D eigenvalue weighted by Crippen LogP contribution is -2.24. The number of hydrogen-bond donors (Lipinski definition) is 0. The molecule has 1 aromatic rings. The normalized spacial score (nSPS) is 10.6. The number of allylic oxidation sites excluding steroid dienone is 3. The van der Waals surface area contributed by atoms with Gasteiger partial charge in [0.1, 0.15) is 11.5 Å². The van der Waals surface area contributed by atoms with E-state index < -0.39 is 0 Å². The summed E-state index contributed by atoms with van der Waals surface area (Å²) in [6.45, 7) is 28.7. The average Bonchev–Trinajstić information content (AvgIpc) is 2.90. The zero-order valence-electron chi connectivity index (χ0n) is 25.4. The van der Waals surface area contributed by atoms with E-state index >= 15 is 0 Å². The van der Waals surface area contributed by atoms with Crippen LogP contribution in [-0.4, -0.2) is 25.4 Å². The SMILES string of the molecule is C=C/C=C(\C=C)OCCCCOC(C)(C)CCCC.CC.CC.CC(C)CCCOc1ccccc1. The fourth-order valence-corrected chi connectivity index (χ4v) is 2.91. The minimum absolute atomic E-state index is 0.00584. The number of benzene rings is 1. The summed E-state index contributed by atoms with van der Waals surface area (Å²) in [5, 5.41) is 0. The van der Waals surface area contributed by atoms with Crippen molar-refractivity contribution in [1.82, 2.24) is 0 Å². The first-order valence-electron chi connectivity index (χ1n) is 14.2. The lowest BCUT2D eigenvalue weighted by Gasteiger charge is -2.25. The topological polar surface area (TPSA) is 27.7 Å². The quantitative estimate of drug-likeness (QED) is 0.120. The molecule has 0 spiro atoms. The predicted molar refractivity (Wildman–Crippen MR) is 162 cm³/mol. The van der Waals surface area contributed by atoms with Crippen LogP contribution in [0.1, 0.15) is 107 Å². The molecule has 0 heterocycles. The molecule has 0 saturated carbocycles. The van der Waals surface area contributed by atoms with Gasteiger partial charge in [-0.25, -0.2) is 0 Å². The van der Waals surface area contributed by atoms with E-state index in [0.29, 0.717) is 6.61 Å². The Hall–Kier alpha value is -2.00. The number of rotatable bonds is 17. The lowest BCUT2D eigenvalue weighted by molar-refractivity contribution is -0.0274. The molecule has 0 saturated heterocycles. The van der Waals surface area contributed by atoms with Crippen molar-refractivity contribution in [2.75, 3.05) is 19.8 Å². The summed E-state index contributed by atoms with van der Waals surface area (Å²) in [5.74, 6) is 2.53. The van der Waals surface area contributed by atoms with Gasteiger partial charge in [0, 0.05) is 6.61 Å². The standard InChI is InChI=1S/C17H30O2.C12H18O.2C2H6/c1-6-9-13-17(4,5)19-15-11-10-14-18-16(8-3)12-7-2;1-11(2)7-6-10-13-12-8-4-3-5-9-12;2*1-2/h7-8,12H,2-3,6,9-11,13-15H2,1,4-5H3;3-5,8-9,11H,6-7,10H2,1-2H3;2*1-2H3/b16-12+;;;. The highest BCUT2D eigenvalue weighted by molar-refractivity contribution is 5.20. The molecule has 36 heavy (non-hydrogen) atoms. The minimum Gasteiger partial charge on any atom is -0.494 e. The van der Waals surface area contributed by atoms with Crippen LogP contribution < -0.4 is 4.74 Å². The van der Waals surface area contributed by atoms with Gasteiger partial charge >= 0.3 is 0 Å². The summed E-state index contributed by atoms with van der Waals surface area (Å²) in [4.78, 5) is 0. The second-order valence-electron chi connectivity index (χ2n) is 8.97. The fraction of sp³-hybridized carbons (Fsp3) is 0.636. The van der Waals surface area contributed by atoms with Gasteiger partial charge < -0.3 is 14.2 Å². The third-order valence-electron chi connectivity index (χ3n) is 4.85. The molecule has 1 aromatic carbocycles. The number of hydrogen-bond acceptors (Lipinski definition) is 3. The van der Waals surface area contributed by atoms with Gasteiger partial charge in [-0.05, 0) is 76.2 Å². The molecule has 0 aromatic heterocycles. The van der Waals surface area contributed by atoms with Crippen molar-refractivity contribution in [2.45, 2.75) is 113 Å². The third kappa shape index (κ3) is 28.2. The molecule has 210 valence electrons. The van der Waals surface area contributed by atoms with Crippen molar-refractivity contribution in [3.05, 3.63) is 67.5 Å². The molecule has 3 nitrogen and oxygen atoms in total. The Balaban J connectivity index is -0.000000555. The zero-order valence-corrected chi connectivity index (χ0v) is 25.4. The lowest BCUT2D eigenvalue weighted by atomic mass is 10.0. The van der Waals surface area contributed by atoms with Crippen molar-refractivity contribution >= 4 is 0 Å². The van der Waals surface area contributed by atoms with Gasteiger partial charge in [0.15, 0.2) is 0 Å². The molecule has 0 bridgehead atoms. The summed E-state index contributed by atoms with van der Waals surface area (Å²) < 4.78 is 17.0. The van der Waals surface area contributed by atoms with Gasteiger partial charge in [-0.15, -0.1) is 0 Å². The first-order valence-corrected chi connectivity index (χ1v) is 14.2. The van der Waals surface area contributed by atoms with Crippen LogP contribution >= 0.6 is 0 Å². The maximum atomic E-state index is 5.91. The van der Waals surface area contributed by atoms with Crippen molar-refractivity contribution < 1.29 is 14.2 Å². The van der Waals surface area contributed by atoms with Crippen LogP contribution in [0.3, 0.4) is 0 Å². The molecule has 0 N–H and O–H groups in total. The van der Waals surface area contributed by atoms with E-state index in [1.807, 2.05) is 64.1 Å². The summed E-state index contributed by atoms with van der Waals surface area (Å²) >= 11 is 0. The van der Waals surface area contributed by atoms with E-state index in [1.165, 1.54) is 19.3 Å². The first-order chi connectivity index (χ1) is 17.3. The molecule has 0 unspecified atom stereocenters. The molecule has 0 atom stereocenters. The number of para-hydroxylation sites is 1. The van der Waals surface area contributed by atoms with Crippen LogP contribution in [0.4, 0.5) is 0 Å². The van der Waals surface area contributed by atoms with E-state index in [-0.39, 0.29) is 5.60 Å². The van der Waals surface area contributed by atoms with Crippen LogP contribution in [-0.2, 0) is 9.47 Å². The van der Waals surface area contributed by atoms with Crippen LogP contribution in [0.5, 0.6) is 5.75 Å². The molecular formula is C33H60O3. The van der Waals surface area contributed by atoms with E-state index in [0.717, 1.165) is 56.3 Å². The highest BCUT2D eigenvalue weighted by Gasteiger charge is 2.16. The number of ether oxygens (including phenoxy) is 3. The highest BCUT2D eigenvalue weighted by Crippen LogP contribution is 2.18. The van der Waals surface area contributed by atoms with Gasteiger partial charge in [-0.3, -0.25) is 0 Å². The Morgan fingerprint density at radius 2 is 1.50 bits per heavy atom. The fourth-order valence-electron chi connectivity index (χ4n) is 2.91. The van der Waals surface area contributed by atoms with Crippen molar-refractivity contribution in [2.24, 2.45) is 5.92 Å². The minimum atomic E-state index is 0.00584. The summed E-state index contributed by atoms with van der Waals surface area (Å²) in [5.41, 5.74) is 0.00584. The zero-order chi connectivity index (χ0) is 28.1. The van der Waals surface area contributed by atoms with Gasteiger partial charge in [0.25, 0.3) is 0 Å². The molecule has 0 aliphatic carbocycles. The first kappa shape index (κ1) is 38.5. The molecule has 0 fully saturated rings. The van der Waals surface area contributed by atoms with Crippen molar-refractivity contribution in [3.8, 4) is 5.75 Å². The largest absolute Gasteiger partial charge is 0.494 e. The molecule has 1 rings (SSSR count). The average molecular weight is 505 g/mol. The Bertz CT molecular complexity index is 603. The maximum absolute atomic E-state index is 5.91. The van der Waals surface area contributed by atoms with Crippen LogP contribution in [0.25, 0.3) is 0 Å². The summed E-state index contributed by atoms with van der Waals surface area (Å²) in [6.07, 6.45) is 13.2. The van der Waals surface area contributed by atoms with E-state index in [9.17, 15) is 0 Å². The van der Waals surface area contributed by atoms with Gasteiger partial charge in [0.05, 0.1) is 18.8 Å². The third-order valence-corrected chi connectivity index (χ3v) is 4.85. The van der Waals surface area contributed by atoms with E-state index in [1.54, 1.807) is 12.2 Å². The van der Waals surface area contributed by atoms with Crippen molar-refractivity contribution in [3.63, 3.8) is 0 Å². The highest BCUT2D eigenvalue weighted by atomic mass is 16.5. The van der Waals surface area contributed by atoms with Crippen LogP contribution in [0.2, 0.25) is 0 Å². The second kappa shape index (κ2) is 29.2. The molecule has 0 aliphatic rings. The van der Waals surface area contributed by atoms with Gasteiger partial charge in [-0.2, -0.15) is 0 Å². The Kier molecular flexibility index (Phi) is 31.3. The Labute approximate surface area is 226 Å². The van der Waals surface area contributed by atoms with Crippen LogP contribution in [0, 0.1) is 5.92 Å². The van der Waals surface area contributed by atoms with Crippen molar-refractivity contribution in [1.29, 1.82) is 0 Å². The maximum Gasteiger partial charge on any atom is 0.119 e. The van der Waals surface area contributed by atoms with E-state index in [2.05, 4.69) is 47.8 Å². The summed E-state index contributed by atoms with van der Waals surface area (Å²) in [7, 11) is 0. The Morgan fingerprint density at radius 3 is 2.03 bits per heavy atom. The summed E-state index contributed by atoms with van der Waals surface area (Å²) in [6, 6.07) is 9.99. The molecule has 0 amide bonds. The smallest absolute Gasteiger partial charge is 0.119 e. The molecular weight excluding hydrogens is 444 g/mol. The van der Waals surface area contributed by atoms with Gasteiger partial charge in [0.2, 0.25) is 0 Å². The molecule has 0 aliphatic heterocycles. The monoisotopic (exact) mass is 504 g/mol. The predicted octanol–water partition coefficient (Wildman–Crippen LogP) is 10.6. The van der Waals surface area contributed by atoms with E-state index in [4.69, 9.17) is 14.2 Å². The second-order valence-corrected chi connectivity index (χ2v) is 8.97. The van der Waals surface area contributed by atoms with Crippen LogP contribution in [0.15, 0.2) is 67.5 Å². The van der Waals surface area contributed by atoms with Gasteiger partial charge in [-0.1, -0.05) is 98.7 Å².